The van der Waals surface area contributed by atoms with Gasteiger partial charge in [0.05, 0.1) is 9.90 Å². The second-order valence-electron chi connectivity index (χ2n) is 3.21. The number of rotatable bonds is 2. The van der Waals surface area contributed by atoms with Crippen LogP contribution in [0.2, 0.25) is 10.0 Å². The monoisotopic (exact) mass is 271 g/mol. The van der Waals surface area contributed by atoms with E-state index in [-0.39, 0.29) is 5.78 Å². The standard InChI is InChI=1S/C11H7Cl2NOS/c1-6(15)10-5-14-11(16-10)8-4-7(12)2-3-9(8)13/h2-5H,1H3. The Bertz CT molecular complexity index is 551. The quantitative estimate of drug-likeness (QED) is 0.762. The van der Waals surface area contributed by atoms with Crippen LogP contribution in [-0.2, 0) is 0 Å². The van der Waals surface area contributed by atoms with E-state index in [0.717, 1.165) is 5.56 Å². The number of carbonyl (C=O) groups excluding carboxylic acids is 1. The topological polar surface area (TPSA) is 30.0 Å². The van der Waals surface area contributed by atoms with Crippen molar-refractivity contribution in [1.82, 2.24) is 4.98 Å². The zero-order chi connectivity index (χ0) is 11.7. The lowest BCUT2D eigenvalue weighted by Crippen LogP contribution is -1.83. The minimum atomic E-state index is 0.00176. The number of hydrogen-bond donors (Lipinski definition) is 0. The van der Waals surface area contributed by atoms with Crippen LogP contribution < -0.4 is 0 Å². The Morgan fingerprint density at radius 2 is 2.12 bits per heavy atom. The normalized spacial score (nSPS) is 10.4. The Labute approximate surface area is 107 Å². The van der Waals surface area contributed by atoms with Gasteiger partial charge in [0.25, 0.3) is 0 Å². The Morgan fingerprint density at radius 1 is 1.38 bits per heavy atom. The van der Waals surface area contributed by atoms with Crippen molar-refractivity contribution in [2.45, 2.75) is 6.92 Å². The number of hydrogen-bond acceptors (Lipinski definition) is 3. The summed E-state index contributed by atoms with van der Waals surface area (Å²) in [6.45, 7) is 1.51. The summed E-state index contributed by atoms with van der Waals surface area (Å²) in [4.78, 5) is 15.9. The van der Waals surface area contributed by atoms with Crippen molar-refractivity contribution in [3.8, 4) is 10.6 Å². The fourth-order valence-corrected chi connectivity index (χ4v) is 2.50. The van der Waals surface area contributed by atoms with Crippen LogP contribution >= 0.6 is 34.5 Å². The summed E-state index contributed by atoms with van der Waals surface area (Å²) in [7, 11) is 0. The van der Waals surface area contributed by atoms with Crippen LogP contribution in [-0.4, -0.2) is 10.8 Å². The summed E-state index contributed by atoms with van der Waals surface area (Å²) < 4.78 is 0. The lowest BCUT2D eigenvalue weighted by Gasteiger charge is -2.00. The highest BCUT2D eigenvalue weighted by Crippen LogP contribution is 2.33. The Hall–Kier alpha value is -0.900. The highest BCUT2D eigenvalue weighted by Gasteiger charge is 2.11. The second kappa shape index (κ2) is 4.53. The average Bonchev–Trinajstić information content (AvgIpc) is 2.70. The first-order valence-electron chi connectivity index (χ1n) is 4.50. The van der Waals surface area contributed by atoms with E-state index in [9.17, 15) is 4.79 Å². The molecule has 0 amide bonds. The molecule has 1 heterocycles. The molecule has 1 aromatic heterocycles. The Kier molecular flexibility index (Phi) is 3.28. The summed E-state index contributed by atoms with van der Waals surface area (Å²) in [6.07, 6.45) is 1.56. The third-order valence-corrected chi connectivity index (χ3v) is 3.71. The van der Waals surface area contributed by atoms with Crippen LogP contribution in [0.15, 0.2) is 24.4 Å². The third-order valence-electron chi connectivity index (χ3n) is 2.01. The van der Waals surface area contributed by atoms with E-state index in [1.807, 2.05) is 0 Å². The predicted octanol–water partition coefficient (Wildman–Crippen LogP) is 4.32. The molecule has 0 spiro atoms. The summed E-state index contributed by atoms with van der Waals surface area (Å²) in [5.41, 5.74) is 0.756. The van der Waals surface area contributed by atoms with E-state index in [2.05, 4.69) is 4.98 Å². The van der Waals surface area contributed by atoms with Crippen LogP contribution in [0, 0.1) is 0 Å². The molecule has 0 fully saturated rings. The summed E-state index contributed by atoms with van der Waals surface area (Å²) in [6, 6.07) is 5.17. The largest absolute Gasteiger partial charge is 0.294 e. The molecule has 0 N–H and O–H groups in total. The van der Waals surface area contributed by atoms with Crippen LogP contribution in [0.25, 0.3) is 10.6 Å². The van der Waals surface area contributed by atoms with Crippen molar-refractivity contribution in [2.75, 3.05) is 0 Å². The molecule has 0 aliphatic carbocycles. The number of Topliss-reactive ketones (excluding diaryl/α,β-unsaturated/α-hetero) is 1. The van der Waals surface area contributed by atoms with Crippen molar-refractivity contribution in [2.24, 2.45) is 0 Å². The van der Waals surface area contributed by atoms with Crippen molar-refractivity contribution in [3.63, 3.8) is 0 Å². The van der Waals surface area contributed by atoms with Gasteiger partial charge in [-0.05, 0) is 18.2 Å². The summed E-state index contributed by atoms with van der Waals surface area (Å²) in [5.74, 6) is 0.00176. The number of benzene rings is 1. The molecule has 0 saturated heterocycles. The number of carbonyl (C=O) groups is 1. The first kappa shape index (κ1) is 11.6. The second-order valence-corrected chi connectivity index (χ2v) is 5.08. The molecule has 5 heteroatoms. The smallest absolute Gasteiger partial charge is 0.171 e. The first-order valence-corrected chi connectivity index (χ1v) is 6.07. The number of halogens is 2. The van der Waals surface area contributed by atoms with Crippen LogP contribution in [0.3, 0.4) is 0 Å². The van der Waals surface area contributed by atoms with Gasteiger partial charge in [-0.3, -0.25) is 4.79 Å². The van der Waals surface area contributed by atoms with Gasteiger partial charge in [0.2, 0.25) is 0 Å². The van der Waals surface area contributed by atoms with E-state index in [1.165, 1.54) is 18.3 Å². The molecule has 1 aromatic carbocycles. The molecule has 0 bridgehead atoms. The van der Waals surface area contributed by atoms with Gasteiger partial charge in [-0.15, -0.1) is 11.3 Å². The van der Waals surface area contributed by atoms with E-state index >= 15 is 0 Å². The number of nitrogens with zero attached hydrogens (tertiary/aromatic N) is 1. The number of ketones is 1. The lowest BCUT2D eigenvalue weighted by atomic mass is 10.2. The fourth-order valence-electron chi connectivity index (χ4n) is 1.22. The maximum absolute atomic E-state index is 11.2. The molecule has 16 heavy (non-hydrogen) atoms. The molecule has 0 aliphatic heterocycles. The fraction of sp³-hybridized carbons (Fsp3) is 0.0909. The zero-order valence-corrected chi connectivity index (χ0v) is 10.7. The van der Waals surface area contributed by atoms with Gasteiger partial charge in [-0.2, -0.15) is 0 Å². The molecular weight excluding hydrogens is 265 g/mol. The van der Waals surface area contributed by atoms with E-state index in [1.54, 1.807) is 24.4 Å². The minimum absolute atomic E-state index is 0.00176. The van der Waals surface area contributed by atoms with Crippen LogP contribution in [0.4, 0.5) is 0 Å². The molecule has 2 rings (SSSR count). The van der Waals surface area contributed by atoms with Gasteiger partial charge < -0.3 is 0 Å². The van der Waals surface area contributed by atoms with Gasteiger partial charge in [-0.25, -0.2) is 4.98 Å². The highest BCUT2D eigenvalue weighted by molar-refractivity contribution is 7.17. The molecule has 2 aromatic rings. The van der Waals surface area contributed by atoms with Gasteiger partial charge in [-0.1, -0.05) is 23.2 Å². The van der Waals surface area contributed by atoms with Crippen molar-refractivity contribution < 1.29 is 4.79 Å². The predicted molar refractivity (Wildman–Crippen MR) is 67.6 cm³/mol. The average molecular weight is 272 g/mol. The van der Waals surface area contributed by atoms with E-state index < -0.39 is 0 Å². The zero-order valence-electron chi connectivity index (χ0n) is 8.33. The maximum Gasteiger partial charge on any atom is 0.171 e. The lowest BCUT2D eigenvalue weighted by molar-refractivity contribution is 0.102. The third kappa shape index (κ3) is 2.26. The Morgan fingerprint density at radius 3 is 2.75 bits per heavy atom. The molecule has 0 radical (unpaired) electrons. The first-order chi connectivity index (χ1) is 7.58. The molecule has 0 aliphatic rings. The van der Waals surface area contributed by atoms with Gasteiger partial charge >= 0.3 is 0 Å². The number of aromatic nitrogens is 1. The molecule has 0 atom stereocenters. The molecule has 82 valence electrons. The van der Waals surface area contributed by atoms with E-state index in [0.29, 0.717) is 19.9 Å². The van der Waals surface area contributed by atoms with Gasteiger partial charge in [0.15, 0.2) is 5.78 Å². The molecule has 0 saturated carbocycles. The maximum atomic E-state index is 11.2. The summed E-state index contributed by atoms with van der Waals surface area (Å²) >= 11 is 13.2. The Balaban J connectivity index is 2.50. The summed E-state index contributed by atoms with van der Waals surface area (Å²) in [5, 5.41) is 1.88. The van der Waals surface area contributed by atoms with E-state index in [4.69, 9.17) is 23.2 Å². The van der Waals surface area contributed by atoms with Gasteiger partial charge in [0, 0.05) is 23.7 Å². The van der Waals surface area contributed by atoms with Crippen molar-refractivity contribution in [3.05, 3.63) is 39.3 Å². The SMILES string of the molecule is CC(=O)c1cnc(-c2cc(Cl)ccc2Cl)s1. The molecule has 2 nitrogen and oxygen atoms in total. The van der Waals surface area contributed by atoms with Crippen molar-refractivity contribution in [1.29, 1.82) is 0 Å². The van der Waals surface area contributed by atoms with Gasteiger partial charge in [0.1, 0.15) is 5.01 Å². The molecular formula is C11H7Cl2NOS. The number of thiazole rings is 1. The molecule has 0 unspecified atom stereocenters. The van der Waals surface area contributed by atoms with Crippen LogP contribution in [0.5, 0.6) is 0 Å². The van der Waals surface area contributed by atoms with Crippen molar-refractivity contribution >= 4 is 40.3 Å². The highest BCUT2D eigenvalue weighted by atomic mass is 35.5. The minimum Gasteiger partial charge on any atom is -0.294 e. The van der Waals surface area contributed by atoms with Crippen LogP contribution in [0.1, 0.15) is 16.6 Å².